The zero-order chi connectivity index (χ0) is 19.8. The Hall–Kier alpha value is -3.09. The molecule has 0 unspecified atom stereocenters. The van der Waals surface area contributed by atoms with Gasteiger partial charge in [-0.15, -0.1) is 0 Å². The van der Waals surface area contributed by atoms with E-state index in [0.717, 1.165) is 5.56 Å². The number of carbonyl (C=O) groups excluding carboxylic acids is 1. The Morgan fingerprint density at radius 3 is 2.67 bits per heavy atom. The zero-order valence-electron chi connectivity index (χ0n) is 15.7. The van der Waals surface area contributed by atoms with Crippen LogP contribution in [0.25, 0.3) is 0 Å². The third kappa shape index (κ3) is 3.86. The van der Waals surface area contributed by atoms with Gasteiger partial charge in [-0.2, -0.15) is 0 Å². The standard InChI is InChI=1S/C20H22N2O5/c1-12-9-13(5-8-17(12)22(24)25)19(23)21-16-11-20(2,3)27-18-10-14(26-4)6-7-15(16)18/h5-10,16H,11H2,1-4H3,(H,21,23)/t16-/m1/s1. The minimum Gasteiger partial charge on any atom is -0.497 e. The number of hydrogen-bond donors (Lipinski definition) is 1. The molecule has 1 heterocycles. The fourth-order valence-corrected chi connectivity index (χ4v) is 3.33. The molecule has 0 spiro atoms. The molecule has 1 N–H and O–H groups in total. The van der Waals surface area contributed by atoms with Gasteiger partial charge in [-0.3, -0.25) is 14.9 Å². The van der Waals surface area contributed by atoms with E-state index < -0.39 is 10.5 Å². The minimum atomic E-state index is -0.457. The summed E-state index contributed by atoms with van der Waals surface area (Å²) in [6, 6.07) is 9.65. The van der Waals surface area contributed by atoms with Crippen LogP contribution in [0.2, 0.25) is 0 Å². The van der Waals surface area contributed by atoms with E-state index in [1.54, 1.807) is 14.0 Å². The third-order valence-electron chi connectivity index (χ3n) is 4.64. The number of nitrogens with zero attached hydrogens (tertiary/aromatic N) is 1. The Bertz CT molecular complexity index is 907. The number of aryl methyl sites for hydroxylation is 1. The number of hydrogen-bond acceptors (Lipinski definition) is 5. The highest BCUT2D eigenvalue weighted by molar-refractivity contribution is 5.95. The van der Waals surface area contributed by atoms with Crippen LogP contribution >= 0.6 is 0 Å². The molecule has 7 heteroatoms. The van der Waals surface area contributed by atoms with E-state index in [-0.39, 0.29) is 17.6 Å². The fraction of sp³-hybridized carbons (Fsp3) is 0.350. The van der Waals surface area contributed by atoms with Crippen LogP contribution in [-0.4, -0.2) is 23.5 Å². The molecule has 0 bridgehead atoms. The van der Waals surface area contributed by atoms with Gasteiger partial charge in [-0.05, 0) is 45.0 Å². The maximum Gasteiger partial charge on any atom is 0.272 e. The lowest BCUT2D eigenvalue weighted by Crippen LogP contribution is -2.41. The van der Waals surface area contributed by atoms with Gasteiger partial charge in [0.15, 0.2) is 0 Å². The number of fused-ring (bicyclic) bond motifs is 1. The molecule has 1 amide bonds. The van der Waals surface area contributed by atoms with Crippen molar-refractivity contribution >= 4 is 11.6 Å². The highest BCUT2D eigenvalue weighted by Gasteiger charge is 2.35. The van der Waals surface area contributed by atoms with Crippen molar-refractivity contribution < 1.29 is 19.2 Å². The molecule has 1 aliphatic rings. The van der Waals surface area contributed by atoms with Crippen LogP contribution < -0.4 is 14.8 Å². The van der Waals surface area contributed by atoms with Gasteiger partial charge in [0.25, 0.3) is 11.6 Å². The van der Waals surface area contributed by atoms with Crippen molar-refractivity contribution in [3.63, 3.8) is 0 Å². The monoisotopic (exact) mass is 370 g/mol. The lowest BCUT2D eigenvalue weighted by atomic mass is 9.89. The highest BCUT2D eigenvalue weighted by atomic mass is 16.6. The number of nitro benzene ring substituents is 1. The fourth-order valence-electron chi connectivity index (χ4n) is 3.33. The van der Waals surface area contributed by atoms with E-state index in [0.29, 0.717) is 29.0 Å². The average molecular weight is 370 g/mol. The molecular formula is C20H22N2O5. The van der Waals surface area contributed by atoms with Crippen molar-refractivity contribution in [3.05, 3.63) is 63.2 Å². The predicted molar refractivity (Wildman–Crippen MR) is 100 cm³/mol. The van der Waals surface area contributed by atoms with Crippen LogP contribution in [0.1, 0.15) is 47.8 Å². The molecular weight excluding hydrogens is 348 g/mol. The molecule has 2 aromatic carbocycles. The zero-order valence-corrected chi connectivity index (χ0v) is 15.7. The van der Waals surface area contributed by atoms with Crippen molar-refractivity contribution in [2.75, 3.05) is 7.11 Å². The third-order valence-corrected chi connectivity index (χ3v) is 4.64. The normalized spacial score (nSPS) is 17.4. The number of rotatable bonds is 4. The smallest absolute Gasteiger partial charge is 0.272 e. The van der Waals surface area contributed by atoms with E-state index >= 15 is 0 Å². The molecule has 2 aromatic rings. The van der Waals surface area contributed by atoms with Gasteiger partial charge in [0.1, 0.15) is 17.1 Å². The Kier molecular flexibility index (Phi) is 4.78. The van der Waals surface area contributed by atoms with Crippen LogP contribution in [-0.2, 0) is 0 Å². The maximum absolute atomic E-state index is 12.7. The molecule has 1 atom stereocenters. The first kappa shape index (κ1) is 18.7. The second kappa shape index (κ2) is 6.90. The van der Waals surface area contributed by atoms with Gasteiger partial charge in [0, 0.05) is 35.2 Å². The van der Waals surface area contributed by atoms with E-state index in [1.165, 1.54) is 18.2 Å². The summed E-state index contributed by atoms with van der Waals surface area (Å²) in [6.07, 6.45) is 0.601. The summed E-state index contributed by atoms with van der Waals surface area (Å²) < 4.78 is 11.3. The molecule has 1 aliphatic heterocycles. The Labute approximate surface area is 157 Å². The molecule has 7 nitrogen and oxygen atoms in total. The first-order valence-electron chi connectivity index (χ1n) is 8.63. The number of nitro groups is 1. The first-order chi connectivity index (χ1) is 12.7. The average Bonchev–Trinajstić information content (AvgIpc) is 2.59. The summed E-state index contributed by atoms with van der Waals surface area (Å²) in [5.74, 6) is 1.08. The molecule has 0 aromatic heterocycles. The van der Waals surface area contributed by atoms with Crippen LogP contribution in [0.3, 0.4) is 0 Å². The lowest BCUT2D eigenvalue weighted by Gasteiger charge is -2.38. The van der Waals surface area contributed by atoms with Gasteiger partial charge < -0.3 is 14.8 Å². The number of ether oxygens (including phenoxy) is 2. The van der Waals surface area contributed by atoms with E-state index in [2.05, 4.69) is 5.32 Å². The topological polar surface area (TPSA) is 90.7 Å². The molecule has 0 saturated heterocycles. The summed E-state index contributed by atoms with van der Waals surface area (Å²) in [5, 5.41) is 14.0. The minimum absolute atomic E-state index is 0.00353. The Morgan fingerprint density at radius 2 is 2.04 bits per heavy atom. The van der Waals surface area contributed by atoms with Crippen molar-refractivity contribution in [2.45, 2.75) is 38.8 Å². The predicted octanol–water partition coefficient (Wildman–Crippen LogP) is 3.94. The van der Waals surface area contributed by atoms with Gasteiger partial charge in [-0.1, -0.05) is 0 Å². The van der Waals surface area contributed by atoms with Crippen molar-refractivity contribution in [2.24, 2.45) is 0 Å². The highest BCUT2D eigenvalue weighted by Crippen LogP contribution is 2.41. The van der Waals surface area contributed by atoms with Crippen LogP contribution in [0.4, 0.5) is 5.69 Å². The Balaban J connectivity index is 1.88. The summed E-state index contributed by atoms with van der Waals surface area (Å²) in [5.41, 5.74) is 1.25. The molecule has 0 radical (unpaired) electrons. The first-order valence-corrected chi connectivity index (χ1v) is 8.63. The van der Waals surface area contributed by atoms with E-state index in [4.69, 9.17) is 9.47 Å². The second-order valence-corrected chi connectivity index (χ2v) is 7.25. The molecule has 3 rings (SSSR count). The summed E-state index contributed by atoms with van der Waals surface area (Å²) in [7, 11) is 1.59. The summed E-state index contributed by atoms with van der Waals surface area (Å²) in [6.45, 7) is 5.54. The molecule has 0 saturated carbocycles. The van der Waals surface area contributed by atoms with Crippen molar-refractivity contribution in [1.82, 2.24) is 5.32 Å². The number of methoxy groups -OCH3 is 1. The molecule has 0 aliphatic carbocycles. The maximum atomic E-state index is 12.7. The van der Waals surface area contributed by atoms with E-state index in [1.807, 2.05) is 32.0 Å². The van der Waals surface area contributed by atoms with Crippen molar-refractivity contribution in [1.29, 1.82) is 0 Å². The van der Waals surface area contributed by atoms with Crippen LogP contribution in [0.5, 0.6) is 11.5 Å². The SMILES string of the molecule is COc1ccc2c(c1)OC(C)(C)C[C@H]2NC(=O)c1ccc([N+](=O)[O-])c(C)c1. The number of carbonyl (C=O) groups is 1. The Morgan fingerprint density at radius 1 is 1.30 bits per heavy atom. The quantitative estimate of drug-likeness (QED) is 0.650. The summed E-state index contributed by atoms with van der Waals surface area (Å²) >= 11 is 0. The van der Waals surface area contributed by atoms with Crippen LogP contribution in [0.15, 0.2) is 36.4 Å². The van der Waals surface area contributed by atoms with Gasteiger partial charge in [0.2, 0.25) is 0 Å². The summed E-state index contributed by atoms with van der Waals surface area (Å²) in [4.78, 5) is 23.2. The second-order valence-electron chi connectivity index (χ2n) is 7.25. The van der Waals surface area contributed by atoms with E-state index in [9.17, 15) is 14.9 Å². The van der Waals surface area contributed by atoms with Crippen molar-refractivity contribution in [3.8, 4) is 11.5 Å². The van der Waals surface area contributed by atoms with Crippen LogP contribution in [0, 0.1) is 17.0 Å². The molecule has 142 valence electrons. The lowest BCUT2D eigenvalue weighted by molar-refractivity contribution is -0.385. The molecule has 0 fully saturated rings. The van der Waals surface area contributed by atoms with Gasteiger partial charge in [0.05, 0.1) is 18.1 Å². The largest absolute Gasteiger partial charge is 0.497 e. The van der Waals surface area contributed by atoms with Gasteiger partial charge >= 0.3 is 0 Å². The van der Waals surface area contributed by atoms with Gasteiger partial charge in [-0.25, -0.2) is 0 Å². The number of amides is 1. The molecule has 27 heavy (non-hydrogen) atoms. The number of benzene rings is 2. The number of nitrogens with one attached hydrogen (secondary N) is 1.